The van der Waals surface area contributed by atoms with E-state index in [-0.39, 0.29) is 23.6 Å². The fraction of sp³-hybridized carbons (Fsp3) is 0.391. The Labute approximate surface area is 187 Å². The molecule has 0 atom stereocenters. The minimum Gasteiger partial charge on any atom is -0.396 e. The summed E-state index contributed by atoms with van der Waals surface area (Å²) in [7, 11) is 0. The van der Waals surface area contributed by atoms with Crippen molar-refractivity contribution >= 4 is 28.6 Å². The Morgan fingerprint density at radius 2 is 1.90 bits per heavy atom. The molecule has 1 amide bonds. The molecule has 8 heteroatoms. The van der Waals surface area contributed by atoms with Crippen LogP contribution in [0.2, 0.25) is 0 Å². The number of nitrogens with two attached hydrogens (primary N) is 1. The summed E-state index contributed by atoms with van der Waals surface area (Å²) in [5.41, 5.74) is 9.13. The summed E-state index contributed by atoms with van der Waals surface area (Å²) in [5.74, 6) is 0.879. The Morgan fingerprint density at radius 3 is 2.42 bits per heavy atom. The normalized spacial score (nSPS) is 13.3. The van der Waals surface area contributed by atoms with Crippen molar-refractivity contribution < 1.29 is 15.0 Å². The number of carbonyl (C=O) groups excluding carboxylic acids is 1. The number of aryl methyl sites for hydroxylation is 1. The second kappa shape index (κ2) is 10.7. The molecule has 31 heavy (non-hydrogen) atoms. The van der Waals surface area contributed by atoms with Crippen LogP contribution in [0.1, 0.15) is 56.6 Å². The first-order valence-corrected chi connectivity index (χ1v) is 11.0. The van der Waals surface area contributed by atoms with Crippen LogP contribution in [-0.4, -0.2) is 43.1 Å². The molecular weight excluding hydrogens is 412 g/mol. The minimum absolute atomic E-state index is 0.0242. The van der Waals surface area contributed by atoms with Gasteiger partial charge in [0, 0.05) is 41.0 Å². The number of rotatable bonds is 8. The van der Waals surface area contributed by atoms with E-state index >= 15 is 0 Å². The van der Waals surface area contributed by atoms with E-state index in [2.05, 4.69) is 30.7 Å². The molecule has 0 fully saturated rings. The Bertz CT molecular complexity index is 979. The zero-order chi connectivity index (χ0) is 23.2. The van der Waals surface area contributed by atoms with E-state index in [1.807, 2.05) is 24.3 Å². The molecule has 0 saturated heterocycles. The van der Waals surface area contributed by atoms with Crippen molar-refractivity contribution in [1.82, 2.24) is 14.9 Å². The summed E-state index contributed by atoms with van der Waals surface area (Å²) < 4.78 is 0. The van der Waals surface area contributed by atoms with Crippen molar-refractivity contribution in [3.8, 4) is 0 Å². The first kappa shape index (κ1) is 24.7. The molecular formula is C23H32N4O3S. The number of thiol groups is 1. The average molecular weight is 445 g/mol. The van der Waals surface area contributed by atoms with Gasteiger partial charge in [-0.25, -0.2) is 9.97 Å². The van der Waals surface area contributed by atoms with Gasteiger partial charge in [0.05, 0.1) is 6.54 Å². The number of carbonyl (C=O) groups is 1. The third kappa shape index (κ3) is 6.72. The van der Waals surface area contributed by atoms with Crippen LogP contribution in [0.15, 0.2) is 41.1 Å². The molecule has 1 aromatic carbocycles. The van der Waals surface area contributed by atoms with Crippen molar-refractivity contribution in [3.63, 3.8) is 0 Å². The first-order chi connectivity index (χ1) is 14.6. The number of allylic oxidation sites excluding steroid dienone is 1. The highest BCUT2D eigenvalue weighted by molar-refractivity contribution is 8.02. The third-order valence-electron chi connectivity index (χ3n) is 4.93. The van der Waals surface area contributed by atoms with Crippen LogP contribution in [0.4, 0.5) is 5.82 Å². The van der Waals surface area contributed by atoms with Gasteiger partial charge in [-0.1, -0.05) is 45.0 Å². The summed E-state index contributed by atoms with van der Waals surface area (Å²) in [6.07, 6.45) is 2.63. The van der Waals surface area contributed by atoms with Crippen molar-refractivity contribution in [2.45, 2.75) is 53.0 Å². The number of benzene rings is 1. The Hall–Kier alpha value is -2.55. The second-order valence-corrected chi connectivity index (χ2v) is 9.52. The first-order valence-electron chi connectivity index (χ1n) is 10.1. The van der Waals surface area contributed by atoms with Crippen LogP contribution in [0.25, 0.3) is 0 Å². The topological polar surface area (TPSA) is 113 Å². The maximum absolute atomic E-state index is 11.8. The Morgan fingerprint density at radius 1 is 1.26 bits per heavy atom. The summed E-state index contributed by atoms with van der Waals surface area (Å²) in [5, 5.41) is 20.4. The van der Waals surface area contributed by atoms with Crippen molar-refractivity contribution in [1.29, 1.82) is 0 Å². The fourth-order valence-electron chi connectivity index (χ4n) is 2.95. The molecule has 2 aromatic rings. The molecule has 7 nitrogen and oxygen atoms in total. The maximum atomic E-state index is 11.8. The van der Waals surface area contributed by atoms with Gasteiger partial charge in [0.25, 0.3) is 0 Å². The van der Waals surface area contributed by atoms with E-state index in [1.54, 1.807) is 20.0 Å². The number of amides is 1. The van der Waals surface area contributed by atoms with Gasteiger partial charge in [-0.15, -0.1) is 11.4 Å². The van der Waals surface area contributed by atoms with Gasteiger partial charge in [0.15, 0.2) is 0 Å². The number of hydrogen-bond donors (Lipinski definition) is 4. The van der Waals surface area contributed by atoms with E-state index in [0.717, 1.165) is 4.91 Å². The van der Waals surface area contributed by atoms with E-state index < -0.39 is 0 Å². The van der Waals surface area contributed by atoms with Crippen LogP contribution in [0.5, 0.6) is 0 Å². The van der Waals surface area contributed by atoms with E-state index in [9.17, 15) is 15.0 Å². The molecule has 4 N–H and O–H groups in total. The molecule has 0 aliphatic heterocycles. The summed E-state index contributed by atoms with van der Waals surface area (Å²) in [6, 6.07) is 7.77. The van der Waals surface area contributed by atoms with Gasteiger partial charge < -0.3 is 20.8 Å². The van der Waals surface area contributed by atoms with E-state index in [0.29, 0.717) is 52.6 Å². The van der Waals surface area contributed by atoms with Crippen molar-refractivity contribution in [2.24, 2.45) is 0 Å². The lowest BCUT2D eigenvalue weighted by Crippen LogP contribution is -2.22. The maximum Gasteiger partial charge on any atom is 0.214 e. The zero-order valence-corrected chi connectivity index (χ0v) is 19.6. The molecule has 0 saturated carbocycles. The van der Waals surface area contributed by atoms with Gasteiger partial charge in [-0.05, 0) is 24.8 Å². The minimum atomic E-state index is -0.0988. The van der Waals surface area contributed by atoms with E-state index in [4.69, 9.17) is 5.73 Å². The summed E-state index contributed by atoms with van der Waals surface area (Å²) in [4.78, 5) is 22.3. The Balaban J connectivity index is 2.36. The number of aliphatic hydroxyl groups is 2. The van der Waals surface area contributed by atoms with Gasteiger partial charge in [0.2, 0.25) is 6.41 Å². The molecule has 0 radical (unpaired) electrons. The predicted molar refractivity (Wildman–Crippen MR) is 128 cm³/mol. The molecule has 0 unspecified atom stereocenters. The number of aromatic nitrogens is 2. The van der Waals surface area contributed by atoms with Crippen LogP contribution in [-0.2, 0) is 16.8 Å². The van der Waals surface area contributed by atoms with Crippen LogP contribution in [0, 0.1) is 6.92 Å². The predicted octanol–water partition coefficient (Wildman–Crippen LogP) is 3.44. The lowest BCUT2D eigenvalue weighted by atomic mass is 9.87. The quantitative estimate of drug-likeness (QED) is 0.282. The van der Waals surface area contributed by atoms with Crippen LogP contribution in [0.3, 0.4) is 0 Å². The molecule has 1 heterocycles. The fourth-order valence-corrected chi connectivity index (χ4v) is 3.99. The largest absolute Gasteiger partial charge is 0.396 e. The van der Waals surface area contributed by atoms with Crippen molar-refractivity contribution in [2.75, 3.05) is 12.3 Å². The van der Waals surface area contributed by atoms with Crippen molar-refractivity contribution in [3.05, 3.63) is 63.6 Å². The third-order valence-corrected chi connectivity index (χ3v) is 6.22. The van der Waals surface area contributed by atoms with Crippen LogP contribution < -0.4 is 5.73 Å². The highest BCUT2D eigenvalue weighted by Crippen LogP contribution is 2.26. The number of anilines is 1. The summed E-state index contributed by atoms with van der Waals surface area (Å²) in [6.45, 7) is 10.0. The number of nitrogen functional groups attached to an aromatic ring is 1. The monoisotopic (exact) mass is 444 g/mol. The SMILES string of the molecule is C/C(=C(CCO)/[SH]=C(\O)c1ccc(C(C)(C)C)cc1)N(C=O)Cc1cnc(C)nc1N. The molecule has 1 aromatic heterocycles. The standard InChI is InChI=1S/C23H32N4O3S/c1-15(27(14-29)13-18-12-25-16(2)26-21(18)24)20(10-11-28)31-22(30)17-6-8-19(9-7-17)23(3,4)5/h6-9,12,14,28,30-31H,10-11,13H2,1-5H3,(H2,24,25,26)/b20-15-. The number of hydrogen-bond acceptors (Lipinski definition) is 5. The highest BCUT2D eigenvalue weighted by atomic mass is 32.1. The highest BCUT2D eigenvalue weighted by Gasteiger charge is 2.15. The van der Waals surface area contributed by atoms with E-state index in [1.165, 1.54) is 10.5 Å². The second-order valence-electron chi connectivity index (χ2n) is 8.33. The van der Waals surface area contributed by atoms with Crippen LogP contribution >= 0.6 is 11.4 Å². The van der Waals surface area contributed by atoms with Gasteiger partial charge in [-0.2, -0.15) is 0 Å². The molecule has 0 aliphatic carbocycles. The molecule has 0 aliphatic rings. The lowest BCUT2D eigenvalue weighted by Gasteiger charge is -2.22. The van der Waals surface area contributed by atoms with Gasteiger partial charge in [0.1, 0.15) is 16.7 Å². The van der Waals surface area contributed by atoms with Gasteiger partial charge >= 0.3 is 0 Å². The molecule has 0 spiro atoms. The smallest absolute Gasteiger partial charge is 0.214 e. The Kier molecular flexibility index (Phi) is 8.50. The van der Waals surface area contributed by atoms with Gasteiger partial charge in [-0.3, -0.25) is 4.79 Å². The number of nitrogens with zero attached hydrogens (tertiary/aromatic N) is 3. The summed E-state index contributed by atoms with van der Waals surface area (Å²) >= 11 is 0.530. The lowest BCUT2D eigenvalue weighted by molar-refractivity contribution is -0.116. The number of aliphatic hydroxyl groups excluding tert-OH is 2. The average Bonchev–Trinajstić information content (AvgIpc) is 2.72. The zero-order valence-electron chi connectivity index (χ0n) is 18.8. The molecule has 168 valence electrons. The molecule has 2 rings (SSSR count). The molecule has 0 bridgehead atoms.